The van der Waals surface area contributed by atoms with Gasteiger partial charge < -0.3 is 29.4 Å². The fourth-order valence-electron chi connectivity index (χ4n) is 3.61. The molecule has 0 unspecified atom stereocenters. The summed E-state index contributed by atoms with van der Waals surface area (Å²) in [6.45, 7) is 6.51. The van der Waals surface area contributed by atoms with E-state index in [0.29, 0.717) is 65.8 Å². The third kappa shape index (κ3) is 9.37. The molecule has 2 aromatic carbocycles. The van der Waals surface area contributed by atoms with E-state index in [1.807, 2.05) is 16.8 Å². The van der Waals surface area contributed by atoms with Crippen LogP contribution in [0.5, 0.6) is 0 Å². The lowest BCUT2D eigenvalue weighted by Crippen LogP contribution is -2.25. The zero-order valence-corrected chi connectivity index (χ0v) is 20.0. The molecule has 9 heteroatoms. The first-order chi connectivity index (χ1) is 17.0. The molecule has 1 heterocycles. The molecule has 0 saturated carbocycles. The summed E-state index contributed by atoms with van der Waals surface area (Å²) in [7, 11) is 0. The van der Waals surface area contributed by atoms with Crippen LogP contribution >= 0.6 is 0 Å². The molecule has 0 aliphatic rings. The number of nitrogens with zero attached hydrogens (tertiary/aromatic N) is 1. The zero-order chi connectivity index (χ0) is 24.9. The normalized spacial score (nSPS) is 11.3. The molecule has 0 fully saturated rings. The van der Waals surface area contributed by atoms with Crippen LogP contribution in [0.3, 0.4) is 0 Å². The van der Waals surface area contributed by atoms with Gasteiger partial charge in [-0.1, -0.05) is 12.1 Å². The van der Waals surface area contributed by atoms with Crippen molar-refractivity contribution in [2.75, 3.05) is 52.7 Å². The van der Waals surface area contributed by atoms with Crippen molar-refractivity contribution in [2.24, 2.45) is 0 Å². The first-order valence-corrected chi connectivity index (χ1v) is 11.7. The lowest BCUT2D eigenvalue weighted by Gasteiger charge is -2.10. The number of hydrogen-bond acceptors (Lipinski definition) is 5. The van der Waals surface area contributed by atoms with Crippen LogP contribution in [-0.4, -0.2) is 63.2 Å². The van der Waals surface area contributed by atoms with Gasteiger partial charge in [0.2, 0.25) is 5.91 Å². The van der Waals surface area contributed by atoms with Crippen molar-refractivity contribution in [2.45, 2.75) is 20.0 Å². The molecule has 7 nitrogen and oxygen atoms in total. The molecule has 35 heavy (non-hydrogen) atoms. The predicted octanol–water partition coefficient (Wildman–Crippen LogP) is 3.24. The Hall–Kier alpha value is -2.85. The number of nitrogens with one attached hydrogen (secondary N) is 2. The quantitative estimate of drug-likeness (QED) is 0.302. The highest BCUT2D eigenvalue weighted by molar-refractivity contribution is 5.84. The molecule has 0 spiro atoms. The van der Waals surface area contributed by atoms with E-state index >= 15 is 0 Å². The van der Waals surface area contributed by atoms with Gasteiger partial charge in [-0.05, 0) is 41.5 Å². The van der Waals surface area contributed by atoms with Crippen molar-refractivity contribution in [3.05, 3.63) is 71.4 Å². The summed E-state index contributed by atoms with van der Waals surface area (Å²) in [5, 5.41) is 6.93. The summed E-state index contributed by atoms with van der Waals surface area (Å²) < 4.78 is 45.7. The Balaban J connectivity index is 1.32. The standard InChI is InChI=1S/C26H33F2N3O4/c1-20(32)30-8-11-34-13-15-35-14-12-33-10-7-29-18-22-16-24(28)17-26-25(22)6-9-31(26)19-21-2-4-23(27)5-3-21/h2-6,9,16-17,29H,7-8,10-15,18-19H2,1H3,(H,30,32). The summed E-state index contributed by atoms with van der Waals surface area (Å²) in [5.41, 5.74) is 2.63. The van der Waals surface area contributed by atoms with Gasteiger partial charge in [-0.2, -0.15) is 0 Å². The number of fused-ring (bicyclic) bond motifs is 1. The summed E-state index contributed by atoms with van der Waals surface area (Å²) in [6, 6.07) is 11.4. The maximum Gasteiger partial charge on any atom is 0.216 e. The Kier molecular flexibility index (Phi) is 11.1. The second kappa shape index (κ2) is 14.5. The van der Waals surface area contributed by atoms with E-state index in [0.717, 1.165) is 22.0 Å². The SMILES string of the molecule is CC(=O)NCCOCCOCCOCCNCc1cc(F)cc2c1ccn2Cc1ccc(F)cc1. The fourth-order valence-corrected chi connectivity index (χ4v) is 3.61. The van der Waals surface area contributed by atoms with Gasteiger partial charge >= 0.3 is 0 Å². The summed E-state index contributed by atoms with van der Waals surface area (Å²) >= 11 is 0. The van der Waals surface area contributed by atoms with E-state index in [-0.39, 0.29) is 17.5 Å². The third-order valence-corrected chi connectivity index (χ3v) is 5.31. The van der Waals surface area contributed by atoms with Crippen LogP contribution in [0.2, 0.25) is 0 Å². The van der Waals surface area contributed by atoms with E-state index in [1.165, 1.54) is 25.1 Å². The Labute approximate surface area is 204 Å². The van der Waals surface area contributed by atoms with Crippen molar-refractivity contribution in [1.82, 2.24) is 15.2 Å². The lowest BCUT2D eigenvalue weighted by atomic mass is 10.1. The van der Waals surface area contributed by atoms with Crippen molar-refractivity contribution < 1.29 is 27.8 Å². The van der Waals surface area contributed by atoms with E-state index in [4.69, 9.17) is 14.2 Å². The highest BCUT2D eigenvalue weighted by Gasteiger charge is 2.09. The smallest absolute Gasteiger partial charge is 0.216 e. The number of hydrogen-bond donors (Lipinski definition) is 2. The topological polar surface area (TPSA) is 73.8 Å². The van der Waals surface area contributed by atoms with Gasteiger partial charge in [0.15, 0.2) is 0 Å². The molecular weight excluding hydrogens is 456 g/mol. The van der Waals surface area contributed by atoms with E-state index < -0.39 is 0 Å². The minimum absolute atomic E-state index is 0.0710. The van der Waals surface area contributed by atoms with Crippen LogP contribution in [0.25, 0.3) is 10.9 Å². The molecule has 0 radical (unpaired) electrons. The zero-order valence-electron chi connectivity index (χ0n) is 20.0. The maximum atomic E-state index is 14.3. The van der Waals surface area contributed by atoms with Crippen LogP contribution in [0.4, 0.5) is 8.78 Å². The Bertz CT molecular complexity index is 1060. The van der Waals surface area contributed by atoms with Gasteiger partial charge in [0, 0.05) is 44.7 Å². The van der Waals surface area contributed by atoms with Crippen LogP contribution in [0.1, 0.15) is 18.1 Å². The van der Waals surface area contributed by atoms with E-state index in [9.17, 15) is 13.6 Å². The molecule has 3 rings (SSSR count). The molecule has 0 saturated heterocycles. The molecule has 2 N–H and O–H groups in total. The Morgan fingerprint density at radius 2 is 1.51 bits per heavy atom. The summed E-state index contributed by atoms with van der Waals surface area (Å²) in [5.74, 6) is -0.637. The van der Waals surface area contributed by atoms with Gasteiger partial charge in [-0.25, -0.2) is 8.78 Å². The number of carbonyl (C=O) groups is 1. The molecule has 0 aliphatic heterocycles. The number of carbonyl (C=O) groups excluding carboxylic acids is 1. The van der Waals surface area contributed by atoms with Gasteiger partial charge in [-0.15, -0.1) is 0 Å². The van der Waals surface area contributed by atoms with Gasteiger partial charge in [0.25, 0.3) is 0 Å². The predicted molar refractivity (Wildman–Crippen MR) is 130 cm³/mol. The molecule has 190 valence electrons. The molecule has 1 aromatic heterocycles. The van der Waals surface area contributed by atoms with Gasteiger partial charge in [0.05, 0.1) is 45.2 Å². The Morgan fingerprint density at radius 3 is 2.20 bits per heavy atom. The molecule has 0 bridgehead atoms. The van der Waals surface area contributed by atoms with Crippen LogP contribution in [-0.2, 0) is 32.1 Å². The first-order valence-electron chi connectivity index (χ1n) is 11.7. The average molecular weight is 490 g/mol. The third-order valence-electron chi connectivity index (χ3n) is 5.31. The van der Waals surface area contributed by atoms with Crippen LogP contribution in [0, 0.1) is 11.6 Å². The molecule has 0 aliphatic carbocycles. The first kappa shape index (κ1) is 26.7. The number of ether oxygens (including phenoxy) is 3. The summed E-state index contributed by atoms with van der Waals surface area (Å²) in [6.07, 6.45) is 1.92. The van der Waals surface area contributed by atoms with Crippen LogP contribution < -0.4 is 10.6 Å². The number of amides is 1. The highest BCUT2D eigenvalue weighted by atomic mass is 19.1. The minimum Gasteiger partial charge on any atom is -0.378 e. The van der Waals surface area contributed by atoms with Crippen molar-refractivity contribution in [3.8, 4) is 0 Å². The molecule has 1 amide bonds. The molecule has 0 atom stereocenters. The molecular formula is C26H33F2N3O4. The highest BCUT2D eigenvalue weighted by Crippen LogP contribution is 2.23. The van der Waals surface area contributed by atoms with E-state index in [2.05, 4.69) is 10.6 Å². The number of benzene rings is 2. The lowest BCUT2D eigenvalue weighted by molar-refractivity contribution is -0.119. The van der Waals surface area contributed by atoms with Crippen molar-refractivity contribution in [3.63, 3.8) is 0 Å². The van der Waals surface area contributed by atoms with Gasteiger partial charge in [-0.3, -0.25) is 4.79 Å². The fraction of sp³-hybridized carbons (Fsp3) is 0.423. The second-order valence-corrected chi connectivity index (χ2v) is 8.06. The van der Waals surface area contributed by atoms with Gasteiger partial charge in [0.1, 0.15) is 11.6 Å². The monoisotopic (exact) mass is 489 g/mol. The Morgan fingerprint density at radius 1 is 0.857 bits per heavy atom. The minimum atomic E-state index is -0.291. The number of rotatable bonds is 16. The maximum absolute atomic E-state index is 14.3. The number of halogens is 2. The largest absolute Gasteiger partial charge is 0.378 e. The second-order valence-electron chi connectivity index (χ2n) is 8.06. The van der Waals surface area contributed by atoms with Crippen molar-refractivity contribution in [1.29, 1.82) is 0 Å². The van der Waals surface area contributed by atoms with E-state index in [1.54, 1.807) is 18.2 Å². The average Bonchev–Trinajstić information content (AvgIpc) is 3.22. The summed E-state index contributed by atoms with van der Waals surface area (Å²) in [4.78, 5) is 10.7. The van der Waals surface area contributed by atoms with Crippen LogP contribution in [0.15, 0.2) is 48.7 Å². The number of aromatic nitrogens is 1. The molecule has 3 aromatic rings. The van der Waals surface area contributed by atoms with Crippen molar-refractivity contribution >= 4 is 16.8 Å².